The largest absolute Gasteiger partial charge is 0.481 e. The maximum Gasteiger partial charge on any atom is 0.315 e. The van der Waals surface area contributed by atoms with Crippen LogP contribution in [-0.2, 0) is 10.2 Å². The van der Waals surface area contributed by atoms with Gasteiger partial charge in [0.25, 0.3) is 0 Å². The van der Waals surface area contributed by atoms with E-state index in [-0.39, 0.29) is 0 Å². The summed E-state index contributed by atoms with van der Waals surface area (Å²) in [6.45, 7) is 1.93. The maximum absolute atomic E-state index is 12.8. The van der Waals surface area contributed by atoms with E-state index in [4.69, 9.17) is 5.84 Å². The molecule has 29 heavy (non-hydrogen) atoms. The number of carbonyl (C=O) groups is 1. The molecule has 0 spiro atoms. The minimum absolute atomic E-state index is 0.394. The predicted molar refractivity (Wildman–Crippen MR) is 116 cm³/mol. The summed E-state index contributed by atoms with van der Waals surface area (Å²) in [4.78, 5) is 17.1. The second-order valence-corrected chi connectivity index (χ2v) is 6.86. The van der Waals surface area contributed by atoms with E-state index in [0.717, 1.165) is 16.7 Å². The van der Waals surface area contributed by atoms with Gasteiger partial charge in [-0.25, -0.2) is 10.8 Å². The van der Waals surface area contributed by atoms with Crippen LogP contribution in [0.1, 0.15) is 36.0 Å². The molecule has 0 heterocycles. The summed E-state index contributed by atoms with van der Waals surface area (Å²) in [5.41, 5.74) is 4.57. The zero-order valence-electron chi connectivity index (χ0n) is 16.3. The Labute approximate surface area is 170 Å². The van der Waals surface area contributed by atoms with E-state index in [2.05, 4.69) is 10.4 Å². The van der Waals surface area contributed by atoms with Crippen molar-refractivity contribution in [1.29, 1.82) is 0 Å². The Morgan fingerprint density at radius 1 is 1.03 bits per heavy atom. The van der Waals surface area contributed by atoms with E-state index in [0.29, 0.717) is 12.1 Å². The van der Waals surface area contributed by atoms with Gasteiger partial charge in [-0.05, 0) is 35.2 Å². The van der Waals surface area contributed by atoms with Crippen molar-refractivity contribution in [2.75, 3.05) is 0 Å². The molecule has 2 atom stereocenters. The summed E-state index contributed by atoms with van der Waals surface area (Å²) < 4.78 is 0. The lowest BCUT2D eigenvalue weighted by molar-refractivity contribution is -0.144. The first-order valence-corrected chi connectivity index (χ1v) is 9.56. The summed E-state index contributed by atoms with van der Waals surface area (Å²) in [6.07, 6.45) is 1.84. The van der Waals surface area contributed by atoms with Gasteiger partial charge < -0.3 is 10.5 Å². The van der Waals surface area contributed by atoms with Gasteiger partial charge in [0.1, 0.15) is 11.8 Å². The Balaban J connectivity index is 2.28. The number of carboxylic acid groups (broad SMARTS) is 1. The average Bonchev–Trinajstić information content (AvgIpc) is 2.77. The van der Waals surface area contributed by atoms with E-state index in [1.54, 1.807) is 0 Å². The van der Waals surface area contributed by atoms with E-state index < -0.39 is 17.3 Å². The fraction of sp³-hybridized carbons (Fsp3) is 0.167. The Morgan fingerprint density at radius 3 is 2.24 bits per heavy atom. The molecule has 0 bridgehead atoms. The number of rotatable bonds is 8. The van der Waals surface area contributed by atoms with Crippen molar-refractivity contribution in [3.05, 3.63) is 102 Å². The topological polar surface area (TPSA) is 87.7 Å². The van der Waals surface area contributed by atoms with Gasteiger partial charge in [0, 0.05) is 5.92 Å². The molecule has 5 nitrogen and oxygen atoms in total. The molecular formula is C24H25N3O2. The van der Waals surface area contributed by atoms with Gasteiger partial charge in [0.15, 0.2) is 0 Å². The molecule has 148 valence electrons. The number of hydrogen-bond acceptors (Lipinski definition) is 3. The van der Waals surface area contributed by atoms with Crippen molar-refractivity contribution in [1.82, 2.24) is 5.43 Å². The lowest BCUT2D eigenvalue weighted by atomic mass is 9.63. The second-order valence-electron chi connectivity index (χ2n) is 6.86. The summed E-state index contributed by atoms with van der Waals surface area (Å²) in [6, 6.07) is 26.9. The van der Waals surface area contributed by atoms with Crippen molar-refractivity contribution < 1.29 is 9.90 Å². The van der Waals surface area contributed by atoms with Gasteiger partial charge >= 0.3 is 5.97 Å². The van der Waals surface area contributed by atoms with Crippen LogP contribution in [0.15, 0.2) is 89.9 Å². The maximum atomic E-state index is 12.8. The van der Waals surface area contributed by atoms with Crippen molar-refractivity contribution in [3.8, 4) is 0 Å². The molecule has 0 aromatic heterocycles. The van der Waals surface area contributed by atoms with Crippen LogP contribution in [0.2, 0.25) is 0 Å². The lowest BCUT2D eigenvalue weighted by Gasteiger charge is -2.38. The highest BCUT2D eigenvalue weighted by atomic mass is 16.4. The predicted octanol–water partition coefficient (Wildman–Crippen LogP) is 4.37. The van der Waals surface area contributed by atoms with E-state index in [1.807, 2.05) is 91.9 Å². The third kappa shape index (κ3) is 4.05. The first-order valence-electron chi connectivity index (χ1n) is 9.56. The van der Waals surface area contributed by atoms with Crippen molar-refractivity contribution in [3.63, 3.8) is 0 Å². The number of nitrogens with zero attached hydrogens (tertiary/aromatic N) is 1. The molecule has 0 aliphatic rings. The molecule has 4 N–H and O–H groups in total. The third-order valence-electron chi connectivity index (χ3n) is 5.35. The first-order chi connectivity index (χ1) is 14.1. The molecule has 0 amide bonds. The monoisotopic (exact) mass is 387 g/mol. The fourth-order valence-corrected chi connectivity index (χ4v) is 4.01. The van der Waals surface area contributed by atoms with Crippen molar-refractivity contribution >= 4 is 18.0 Å². The van der Waals surface area contributed by atoms with Gasteiger partial charge in [-0.3, -0.25) is 4.79 Å². The smallest absolute Gasteiger partial charge is 0.315 e. The Kier molecular flexibility index (Phi) is 6.42. The van der Waals surface area contributed by atoms with Gasteiger partial charge in [-0.1, -0.05) is 79.7 Å². The average molecular weight is 387 g/mol. The zero-order chi connectivity index (χ0) is 20.7. The number of aliphatic carboxylic acids is 1. The summed E-state index contributed by atoms with van der Waals surface area (Å²) >= 11 is 0. The van der Waals surface area contributed by atoms with Crippen molar-refractivity contribution in [2.45, 2.75) is 24.7 Å². The Bertz CT molecular complexity index is 974. The van der Waals surface area contributed by atoms with Crippen LogP contribution in [0.5, 0.6) is 0 Å². The molecule has 3 aromatic rings. The van der Waals surface area contributed by atoms with Crippen molar-refractivity contribution in [2.24, 2.45) is 10.8 Å². The first kappa shape index (κ1) is 20.3. The molecule has 0 saturated heterocycles. The number of nitrogens with two attached hydrogens (primary N) is 1. The molecule has 0 aliphatic heterocycles. The van der Waals surface area contributed by atoms with Crippen LogP contribution in [0.25, 0.3) is 0 Å². The second kappa shape index (κ2) is 9.17. The molecule has 2 unspecified atom stereocenters. The van der Waals surface area contributed by atoms with Crippen LogP contribution in [0, 0.1) is 0 Å². The van der Waals surface area contributed by atoms with Crippen LogP contribution in [0.4, 0.5) is 5.69 Å². The quantitative estimate of drug-likeness (QED) is 0.232. The van der Waals surface area contributed by atoms with Gasteiger partial charge in [-0.2, -0.15) is 0 Å². The normalized spacial score (nSPS) is 14.3. The molecule has 5 heteroatoms. The van der Waals surface area contributed by atoms with Crippen LogP contribution < -0.4 is 11.3 Å². The molecule has 0 radical (unpaired) electrons. The SMILES string of the molecule is CCC(C(=O)O)(c1ccccc1)C(c1ccccc1)c1cccc(N=CNN)c1. The number of carboxylic acids is 1. The summed E-state index contributed by atoms with van der Waals surface area (Å²) in [5, 5.41) is 10.5. The molecule has 0 saturated carbocycles. The molecule has 3 rings (SSSR count). The molecule has 0 fully saturated rings. The lowest BCUT2D eigenvalue weighted by Crippen LogP contribution is -2.42. The standard InChI is InChI=1S/C24H25N3O2/c1-2-24(23(28)29,20-13-7-4-8-14-20)22(18-10-5-3-6-11-18)19-12-9-15-21(16-19)26-17-27-25/h3-17,22H,2,25H2,1H3,(H,26,27)(H,28,29). The molecule has 0 aliphatic carbocycles. The minimum atomic E-state index is -1.13. The molecular weight excluding hydrogens is 362 g/mol. The molecule has 3 aromatic carbocycles. The number of benzene rings is 3. The highest BCUT2D eigenvalue weighted by molar-refractivity contribution is 5.84. The van der Waals surface area contributed by atoms with E-state index in [9.17, 15) is 9.90 Å². The van der Waals surface area contributed by atoms with Crippen LogP contribution >= 0.6 is 0 Å². The van der Waals surface area contributed by atoms with Gasteiger partial charge in [-0.15, -0.1) is 0 Å². The van der Waals surface area contributed by atoms with Crippen LogP contribution in [0.3, 0.4) is 0 Å². The number of aliphatic imine (C=N–C) groups is 1. The van der Waals surface area contributed by atoms with E-state index in [1.165, 1.54) is 6.34 Å². The van der Waals surface area contributed by atoms with Gasteiger partial charge in [0.2, 0.25) is 0 Å². The Morgan fingerprint density at radius 2 is 1.66 bits per heavy atom. The number of hydrogen-bond donors (Lipinski definition) is 3. The summed E-state index contributed by atoms with van der Waals surface area (Å²) in [7, 11) is 0. The fourth-order valence-electron chi connectivity index (χ4n) is 4.01. The minimum Gasteiger partial charge on any atom is -0.481 e. The van der Waals surface area contributed by atoms with Gasteiger partial charge in [0.05, 0.1) is 5.69 Å². The zero-order valence-corrected chi connectivity index (χ0v) is 16.3. The summed E-state index contributed by atoms with van der Waals surface area (Å²) in [5.74, 6) is 4.05. The number of hydrazine groups is 1. The Hall–Kier alpha value is -3.44. The highest BCUT2D eigenvalue weighted by Crippen LogP contribution is 2.46. The van der Waals surface area contributed by atoms with E-state index >= 15 is 0 Å². The number of nitrogens with one attached hydrogen (secondary N) is 1. The highest BCUT2D eigenvalue weighted by Gasteiger charge is 2.47. The van der Waals surface area contributed by atoms with Crippen LogP contribution in [-0.4, -0.2) is 17.4 Å². The third-order valence-corrected chi connectivity index (χ3v) is 5.35.